The number of aromatic amines is 1. The van der Waals surface area contributed by atoms with E-state index >= 15 is 0 Å². The molecule has 4 heteroatoms. The predicted molar refractivity (Wildman–Crippen MR) is 73.2 cm³/mol. The van der Waals surface area contributed by atoms with Crippen LogP contribution in [0.15, 0.2) is 23.2 Å². The normalized spacial score (nSPS) is 16.7. The van der Waals surface area contributed by atoms with E-state index in [0.717, 1.165) is 47.2 Å². The van der Waals surface area contributed by atoms with Gasteiger partial charge in [0.25, 0.3) is 0 Å². The highest BCUT2D eigenvalue weighted by Crippen LogP contribution is 2.49. The third-order valence-electron chi connectivity index (χ3n) is 4.03. The Labute approximate surface area is 111 Å². The number of aliphatic imine (C=N–C) groups is 1. The number of H-pyrrole nitrogens is 1. The van der Waals surface area contributed by atoms with Gasteiger partial charge in [-0.1, -0.05) is 6.07 Å². The average molecular weight is 256 g/mol. The average Bonchev–Trinajstić information content (AvgIpc) is 2.73. The number of nitrogens with zero attached hydrogens (tertiary/aromatic N) is 1. The zero-order chi connectivity index (χ0) is 13.5. The monoisotopic (exact) mass is 256 g/mol. The molecule has 1 fully saturated rings. The smallest absolute Gasteiger partial charge is 0.235 e. The number of nitrogens with one attached hydrogen (secondary N) is 1. The zero-order valence-corrected chi connectivity index (χ0v) is 11.1. The van der Waals surface area contributed by atoms with Crippen molar-refractivity contribution >= 4 is 17.0 Å². The molecule has 1 aliphatic rings. The second-order valence-corrected chi connectivity index (χ2v) is 5.15. The lowest BCUT2D eigenvalue weighted by Crippen LogP contribution is -2.32. The number of benzene rings is 1. The Morgan fingerprint density at radius 3 is 2.79 bits per heavy atom. The van der Waals surface area contributed by atoms with E-state index in [4.69, 9.17) is 4.74 Å². The van der Waals surface area contributed by atoms with Crippen molar-refractivity contribution in [3.05, 3.63) is 29.5 Å². The van der Waals surface area contributed by atoms with Gasteiger partial charge in [0.15, 0.2) is 0 Å². The highest BCUT2D eigenvalue weighted by molar-refractivity contribution is 5.88. The third-order valence-corrected chi connectivity index (χ3v) is 4.03. The quantitative estimate of drug-likeness (QED) is 0.677. The van der Waals surface area contributed by atoms with Gasteiger partial charge in [-0.2, -0.15) is 4.99 Å². The van der Waals surface area contributed by atoms with Gasteiger partial charge in [0.05, 0.1) is 7.11 Å². The Kier molecular flexibility index (Phi) is 2.68. The van der Waals surface area contributed by atoms with Crippen LogP contribution in [-0.2, 0) is 10.3 Å². The van der Waals surface area contributed by atoms with Gasteiger partial charge in [0.2, 0.25) is 6.08 Å². The molecule has 1 aliphatic carbocycles. The van der Waals surface area contributed by atoms with Crippen LogP contribution in [-0.4, -0.2) is 18.2 Å². The second kappa shape index (κ2) is 4.25. The number of aryl methyl sites for hydroxylation is 1. The van der Waals surface area contributed by atoms with Crippen LogP contribution in [0.25, 0.3) is 10.9 Å². The molecule has 0 saturated heterocycles. The molecular weight excluding hydrogens is 240 g/mol. The minimum absolute atomic E-state index is 0.424. The fourth-order valence-electron chi connectivity index (χ4n) is 2.94. The lowest BCUT2D eigenvalue weighted by Gasteiger charge is -2.38. The maximum atomic E-state index is 10.7. The highest BCUT2D eigenvalue weighted by Gasteiger charge is 2.41. The first-order chi connectivity index (χ1) is 9.20. The molecule has 98 valence electrons. The van der Waals surface area contributed by atoms with Crippen LogP contribution < -0.4 is 4.74 Å². The first-order valence-electron chi connectivity index (χ1n) is 6.46. The lowest BCUT2D eigenvalue weighted by molar-refractivity contribution is 0.247. The van der Waals surface area contributed by atoms with Crippen LogP contribution in [0.2, 0.25) is 0 Å². The van der Waals surface area contributed by atoms with Crippen molar-refractivity contribution in [3.8, 4) is 5.75 Å². The van der Waals surface area contributed by atoms with Crippen LogP contribution in [0.4, 0.5) is 0 Å². The molecule has 0 aliphatic heterocycles. The third kappa shape index (κ3) is 1.68. The van der Waals surface area contributed by atoms with E-state index in [1.54, 1.807) is 13.2 Å². The van der Waals surface area contributed by atoms with Gasteiger partial charge >= 0.3 is 0 Å². The Hall–Kier alpha value is -2.06. The molecule has 0 atom stereocenters. The molecule has 0 unspecified atom stereocenters. The van der Waals surface area contributed by atoms with Crippen molar-refractivity contribution in [2.24, 2.45) is 4.99 Å². The van der Waals surface area contributed by atoms with Crippen LogP contribution in [0.1, 0.15) is 30.5 Å². The van der Waals surface area contributed by atoms with Crippen LogP contribution in [0.5, 0.6) is 5.75 Å². The summed E-state index contributed by atoms with van der Waals surface area (Å²) in [7, 11) is 1.66. The minimum Gasteiger partial charge on any atom is -0.496 e. The summed E-state index contributed by atoms with van der Waals surface area (Å²) in [6.07, 6.45) is 4.57. The number of rotatable bonds is 3. The lowest BCUT2D eigenvalue weighted by atomic mass is 9.72. The second-order valence-electron chi connectivity index (χ2n) is 5.15. The van der Waals surface area contributed by atoms with E-state index in [1.165, 1.54) is 0 Å². The van der Waals surface area contributed by atoms with Gasteiger partial charge in [-0.05, 0) is 38.3 Å². The van der Waals surface area contributed by atoms with Crippen LogP contribution in [0, 0.1) is 6.92 Å². The standard InChI is InChI=1S/C15H16N2O2/c1-10-8-11-13(17-10)5-4-12(14(11)19-2)15(16-9-18)6-3-7-15/h4-5,8,17H,3,6-7H2,1-2H3. The van der Waals surface area contributed by atoms with Gasteiger partial charge in [-0.15, -0.1) is 0 Å². The van der Waals surface area contributed by atoms with Crippen molar-refractivity contribution in [1.29, 1.82) is 0 Å². The largest absolute Gasteiger partial charge is 0.496 e. The number of carbonyl (C=O) groups excluding carboxylic acids is 1. The molecule has 1 N–H and O–H groups in total. The van der Waals surface area contributed by atoms with Crippen molar-refractivity contribution in [3.63, 3.8) is 0 Å². The summed E-state index contributed by atoms with van der Waals surface area (Å²) in [4.78, 5) is 18.1. The predicted octanol–water partition coefficient (Wildman–Crippen LogP) is 3.20. The van der Waals surface area contributed by atoms with Gasteiger partial charge in [-0.25, -0.2) is 4.79 Å². The molecule has 19 heavy (non-hydrogen) atoms. The fourth-order valence-corrected chi connectivity index (χ4v) is 2.94. The summed E-state index contributed by atoms with van der Waals surface area (Å²) >= 11 is 0. The van der Waals surface area contributed by atoms with Gasteiger partial charge in [-0.3, -0.25) is 0 Å². The summed E-state index contributed by atoms with van der Waals surface area (Å²) in [5, 5.41) is 1.05. The van der Waals surface area contributed by atoms with E-state index in [1.807, 2.05) is 19.1 Å². The molecule has 0 radical (unpaired) electrons. The number of aromatic nitrogens is 1. The van der Waals surface area contributed by atoms with Crippen LogP contribution in [0.3, 0.4) is 0 Å². The van der Waals surface area contributed by atoms with E-state index in [9.17, 15) is 4.79 Å². The first-order valence-corrected chi connectivity index (χ1v) is 6.46. The van der Waals surface area contributed by atoms with Crippen molar-refractivity contribution in [1.82, 2.24) is 4.98 Å². The minimum atomic E-state index is -0.424. The molecular formula is C15H16N2O2. The van der Waals surface area contributed by atoms with Crippen molar-refractivity contribution < 1.29 is 9.53 Å². The van der Waals surface area contributed by atoms with Gasteiger partial charge < -0.3 is 9.72 Å². The summed E-state index contributed by atoms with van der Waals surface area (Å²) in [5.41, 5.74) is 2.71. The zero-order valence-electron chi connectivity index (χ0n) is 11.1. The molecule has 4 nitrogen and oxygen atoms in total. The number of hydrogen-bond acceptors (Lipinski definition) is 3. The Morgan fingerprint density at radius 2 is 2.21 bits per heavy atom. The summed E-state index contributed by atoms with van der Waals surface area (Å²) < 4.78 is 5.59. The maximum absolute atomic E-state index is 10.7. The van der Waals surface area contributed by atoms with Crippen LogP contribution >= 0.6 is 0 Å². The molecule has 1 aromatic heterocycles. The molecule has 1 heterocycles. The number of methoxy groups -OCH3 is 1. The number of ether oxygens (including phenoxy) is 1. The number of isocyanates is 1. The molecule has 0 bridgehead atoms. The Morgan fingerprint density at radius 1 is 1.42 bits per heavy atom. The van der Waals surface area contributed by atoms with E-state index < -0.39 is 5.54 Å². The molecule has 2 aromatic rings. The number of hydrogen-bond donors (Lipinski definition) is 1. The molecule has 0 amide bonds. The van der Waals surface area contributed by atoms with E-state index in [-0.39, 0.29) is 0 Å². The summed E-state index contributed by atoms with van der Waals surface area (Å²) in [5.74, 6) is 0.820. The fraction of sp³-hybridized carbons (Fsp3) is 0.400. The maximum Gasteiger partial charge on any atom is 0.235 e. The first kappa shape index (κ1) is 12.0. The molecule has 0 spiro atoms. The Balaban J connectivity index is 2.26. The Bertz CT molecular complexity index is 677. The topological polar surface area (TPSA) is 54.4 Å². The van der Waals surface area contributed by atoms with Gasteiger partial charge in [0.1, 0.15) is 11.3 Å². The summed E-state index contributed by atoms with van der Waals surface area (Å²) in [6.45, 7) is 2.02. The molecule has 1 aromatic carbocycles. The van der Waals surface area contributed by atoms with E-state index in [2.05, 4.69) is 16.0 Å². The highest BCUT2D eigenvalue weighted by atomic mass is 16.5. The number of fused-ring (bicyclic) bond motifs is 1. The van der Waals surface area contributed by atoms with Crippen molar-refractivity contribution in [2.45, 2.75) is 31.7 Å². The SMILES string of the molecule is COc1c(C2(N=C=O)CCC2)ccc2[nH]c(C)cc12. The summed E-state index contributed by atoms with van der Waals surface area (Å²) in [6, 6.07) is 6.10. The molecule has 3 rings (SSSR count). The van der Waals surface area contributed by atoms with Crippen molar-refractivity contribution in [2.75, 3.05) is 7.11 Å². The molecule has 1 saturated carbocycles. The van der Waals surface area contributed by atoms with Gasteiger partial charge in [0, 0.05) is 22.2 Å². The van der Waals surface area contributed by atoms with E-state index in [0.29, 0.717) is 0 Å².